The summed E-state index contributed by atoms with van der Waals surface area (Å²) in [5, 5.41) is 0.0242. The van der Waals surface area contributed by atoms with Crippen molar-refractivity contribution in [1.82, 2.24) is 19.8 Å². The largest absolute Gasteiger partial charge is 0.359 e. The van der Waals surface area contributed by atoms with Crippen LogP contribution in [0.5, 0.6) is 0 Å². The summed E-state index contributed by atoms with van der Waals surface area (Å²) in [6.07, 6.45) is 3.76. The number of pyridine rings is 1. The Morgan fingerprint density at radius 2 is 1.69 bits per heavy atom. The molecule has 0 aliphatic carbocycles. The van der Waals surface area contributed by atoms with Crippen molar-refractivity contribution < 1.29 is 18.8 Å². The molecule has 0 spiro atoms. The number of ketones is 1. The molecule has 2 aromatic heterocycles. The van der Waals surface area contributed by atoms with Crippen molar-refractivity contribution in [2.75, 3.05) is 26.2 Å². The van der Waals surface area contributed by atoms with Gasteiger partial charge in [-0.1, -0.05) is 38.6 Å². The van der Waals surface area contributed by atoms with E-state index in [0.29, 0.717) is 29.9 Å². The van der Waals surface area contributed by atoms with Gasteiger partial charge in [0.1, 0.15) is 0 Å². The van der Waals surface area contributed by atoms with Gasteiger partial charge in [-0.2, -0.15) is 0 Å². The first-order valence-corrected chi connectivity index (χ1v) is 10.5. The first-order chi connectivity index (χ1) is 15.5. The number of piperazine rings is 1. The fourth-order valence-corrected chi connectivity index (χ4v) is 3.60. The summed E-state index contributed by atoms with van der Waals surface area (Å²) in [6.45, 7) is 8.72. The molecular weight excluding hydrogens is 411 g/mol. The number of halogens is 1. The Labute approximate surface area is 185 Å². The number of nitrogens with zero attached hydrogens (tertiary/aromatic N) is 3. The molecular formula is C24H25FN4O3. The number of carbonyl (C=O) groups excluding carboxylic acids is 3. The monoisotopic (exact) mass is 436 g/mol. The molecule has 7 nitrogen and oxygen atoms in total. The van der Waals surface area contributed by atoms with E-state index in [-0.39, 0.29) is 29.9 Å². The van der Waals surface area contributed by atoms with E-state index in [2.05, 4.69) is 16.5 Å². The summed E-state index contributed by atoms with van der Waals surface area (Å²) in [5.74, 6) is -2.33. The summed E-state index contributed by atoms with van der Waals surface area (Å²) in [6, 6.07) is 8.89. The molecule has 1 fully saturated rings. The highest BCUT2D eigenvalue weighted by Gasteiger charge is 2.31. The number of fused-ring (bicyclic) bond motifs is 1. The van der Waals surface area contributed by atoms with Gasteiger partial charge in [0, 0.05) is 37.9 Å². The molecule has 0 atom stereocenters. The molecule has 1 aliphatic heterocycles. The van der Waals surface area contributed by atoms with Crippen LogP contribution < -0.4 is 0 Å². The second-order valence-electron chi connectivity index (χ2n) is 6.93. The third kappa shape index (κ3) is 4.30. The second kappa shape index (κ2) is 10.00. The standard InChI is InChI=1S/C22H19FN4O3.C2H6/c1-2-17-19-18(16(23)13-24-17)15(12-25-19)20(28)22(30)27-10-8-26(9-11-27)21(29)14-6-4-3-5-7-14;1-2/h2-7,12-13,25H,1,8-11H2;1-2H3. The van der Waals surface area contributed by atoms with Crippen molar-refractivity contribution in [3.05, 3.63) is 71.9 Å². The number of rotatable bonds is 4. The first kappa shape index (κ1) is 22.9. The van der Waals surface area contributed by atoms with Crippen LogP contribution in [0, 0.1) is 5.82 Å². The predicted octanol–water partition coefficient (Wildman–Crippen LogP) is 3.54. The maximum absolute atomic E-state index is 14.3. The summed E-state index contributed by atoms with van der Waals surface area (Å²) in [5.41, 5.74) is 1.25. The molecule has 0 unspecified atom stereocenters. The highest BCUT2D eigenvalue weighted by molar-refractivity contribution is 6.45. The van der Waals surface area contributed by atoms with Crippen LogP contribution in [0.15, 0.2) is 49.3 Å². The van der Waals surface area contributed by atoms with Gasteiger partial charge in [0.2, 0.25) is 0 Å². The Kier molecular flexibility index (Phi) is 7.14. The van der Waals surface area contributed by atoms with Gasteiger partial charge < -0.3 is 14.8 Å². The predicted molar refractivity (Wildman–Crippen MR) is 121 cm³/mol. The van der Waals surface area contributed by atoms with Gasteiger partial charge >= 0.3 is 0 Å². The summed E-state index contributed by atoms with van der Waals surface area (Å²) in [4.78, 5) is 47.9. The molecule has 166 valence electrons. The van der Waals surface area contributed by atoms with Crippen LogP contribution in [0.2, 0.25) is 0 Å². The Morgan fingerprint density at radius 3 is 2.31 bits per heavy atom. The average Bonchev–Trinajstić information content (AvgIpc) is 3.31. The molecule has 1 N–H and O–H groups in total. The number of hydrogen-bond donors (Lipinski definition) is 1. The van der Waals surface area contributed by atoms with Gasteiger partial charge in [0.05, 0.1) is 28.4 Å². The summed E-state index contributed by atoms with van der Waals surface area (Å²) in [7, 11) is 0. The van der Waals surface area contributed by atoms with Crippen LogP contribution in [0.3, 0.4) is 0 Å². The molecule has 0 radical (unpaired) electrons. The summed E-state index contributed by atoms with van der Waals surface area (Å²) >= 11 is 0. The van der Waals surface area contributed by atoms with Crippen LogP contribution >= 0.6 is 0 Å². The summed E-state index contributed by atoms with van der Waals surface area (Å²) < 4.78 is 14.3. The minimum absolute atomic E-state index is 0.0242. The smallest absolute Gasteiger partial charge is 0.295 e. The van der Waals surface area contributed by atoms with Crippen molar-refractivity contribution in [3.8, 4) is 0 Å². The van der Waals surface area contributed by atoms with E-state index in [4.69, 9.17) is 0 Å². The molecule has 2 amide bonds. The van der Waals surface area contributed by atoms with Crippen molar-refractivity contribution >= 4 is 34.6 Å². The van der Waals surface area contributed by atoms with Gasteiger partial charge in [0.15, 0.2) is 5.82 Å². The van der Waals surface area contributed by atoms with Gasteiger partial charge in [-0.3, -0.25) is 19.4 Å². The SMILES string of the molecule is C=Cc1ncc(F)c2c(C(=O)C(=O)N3CCN(C(=O)c4ccccc4)CC3)c[nH]c12.CC. The third-order valence-electron chi connectivity index (χ3n) is 5.20. The second-order valence-corrected chi connectivity index (χ2v) is 6.93. The molecule has 8 heteroatoms. The van der Waals surface area contributed by atoms with E-state index in [1.165, 1.54) is 17.2 Å². The lowest BCUT2D eigenvalue weighted by Crippen LogP contribution is -2.52. The van der Waals surface area contributed by atoms with E-state index in [0.717, 1.165) is 6.20 Å². The zero-order valence-electron chi connectivity index (χ0n) is 18.1. The van der Waals surface area contributed by atoms with E-state index in [1.54, 1.807) is 29.2 Å². The van der Waals surface area contributed by atoms with Gasteiger partial charge in [0.25, 0.3) is 17.6 Å². The maximum atomic E-state index is 14.3. The highest BCUT2D eigenvalue weighted by Crippen LogP contribution is 2.25. The van der Waals surface area contributed by atoms with E-state index < -0.39 is 17.5 Å². The maximum Gasteiger partial charge on any atom is 0.295 e. The molecule has 3 heterocycles. The van der Waals surface area contributed by atoms with Gasteiger partial charge in [-0.25, -0.2) is 4.39 Å². The molecule has 1 saturated heterocycles. The number of nitrogens with one attached hydrogen (secondary N) is 1. The van der Waals surface area contributed by atoms with Crippen molar-refractivity contribution in [1.29, 1.82) is 0 Å². The van der Waals surface area contributed by atoms with Crippen molar-refractivity contribution in [3.63, 3.8) is 0 Å². The molecule has 0 bridgehead atoms. The average molecular weight is 436 g/mol. The quantitative estimate of drug-likeness (QED) is 0.501. The molecule has 4 rings (SSSR count). The minimum atomic E-state index is -0.802. The van der Waals surface area contributed by atoms with Crippen LogP contribution in [0.4, 0.5) is 4.39 Å². The van der Waals surface area contributed by atoms with E-state index in [9.17, 15) is 18.8 Å². The fraction of sp³-hybridized carbons (Fsp3) is 0.250. The lowest BCUT2D eigenvalue weighted by Gasteiger charge is -2.34. The van der Waals surface area contributed by atoms with Crippen LogP contribution in [0.25, 0.3) is 17.0 Å². The van der Waals surface area contributed by atoms with Crippen LogP contribution in [0.1, 0.15) is 40.3 Å². The molecule has 1 aromatic carbocycles. The normalized spacial score (nSPS) is 13.3. The lowest BCUT2D eigenvalue weighted by atomic mass is 10.1. The topological polar surface area (TPSA) is 86.4 Å². The van der Waals surface area contributed by atoms with Crippen LogP contribution in [-0.4, -0.2) is 63.5 Å². The highest BCUT2D eigenvalue weighted by atomic mass is 19.1. The first-order valence-electron chi connectivity index (χ1n) is 10.5. The number of aromatic amines is 1. The molecule has 32 heavy (non-hydrogen) atoms. The fourth-order valence-electron chi connectivity index (χ4n) is 3.60. The number of hydrogen-bond acceptors (Lipinski definition) is 4. The van der Waals surface area contributed by atoms with Crippen molar-refractivity contribution in [2.24, 2.45) is 0 Å². The van der Waals surface area contributed by atoms with E-state index >= 15 is 0 Å². The number of Topliss-reactive ketones (excluding diaryl/α,β-unsaturated/α-hetero) is 1. The lowest BCUT2D eigenvalue weighted by molar-refractivity contribution is -0.127. The van der Waals surface area contributed by atoms with Gasteiger partial charge in [-0.15, -0.1) is 0 Å². The number of carbonyl (C=O) groups is 3. The zero-order valence-corrected chi connectivity index (χ0v) is 18.1. The third-order valence-corrected chi connectivity index (χ3v) is 5.20. The molecule has 3 aromatic rings. The Morgan fingerprint density at radius 1 is 1.06 bits per heavy atom. The Hall–Kier alpha value is -3.81. The minimum Gasteiger partial charge on any atom is -0.359 e. The molecule has 0 saturated carbocycles. The number of aromatic nitrogens is 2. The van der Waals surface area contributed by atoms with Crippen molar-refractivity contribution in [2.45, 2.75) is 13.8 Å². The molecule has 1 aliphatic rings. The van der Waals surface area contributed by atoms with E-state index in [1.807, 2.05) is 19.9 Å². The number of H-pyrrole nitrogens is 1. The Bertz CT molecular complexity index is 1150. The Balaban J connectivity index is 0.00000141. The zero-order chi connectivity index (χ0) is 23.3. The number of amides is 2. The number of benzene rings is 1. The van der Waals surface area contributed by atoms with Gasteiger partial charge in [-0.05, 0) is 18.2 Å². The van der Waals surface area contributed by atoms with Crippen LogP contribution in [-0.2, 0) is 4.79 Å².